The van der Waals surface area contributed by atoms with E-state index in [0.29, 0.717) is 0 Å². The molecular formula is C29H27NO3. The summed E-state index contributed by atoms with van der Waals surface area (Å²) in [4.78, 5) is 15.3. The smallest absolute Gasteiger partial charge is 0.139 e. The first kappa shape index (κ1) is 22.2. The van der Waals surface area contributed by atoms with Crippen LogP contribution in [0.1, 0.15) is 16.7 Å². The fraction of sp³-hybridized carbons (Fsp3) is 0.138. The molecule has 0 heterocycles. The molecule has 0 saturated carbocycles. The van der Waals surface area contributed by atoms with Gasteiger partial charge in [-0.25, -0.2) is 0 Å². The minimum Gasteiger partial charge on any atom is -0.497 e. The van der Waals surface area contributed by atoms with E-state index in [0.717, 1.165) is 45.9 Å². The van der Waals surface area contributed by atoms with Crippen LogP contribution < -0.4 is 14.4 Å². The van der Waals surface area contributed by atoms with Gasteiger partial charge in [0.15, 0.2) is 0 Å². The highest BCUT2D eigenvalue weighted by atomic mass is 16.5. The number of hydrogen-bond donors (Lipinski definition) is 0. The quantitative estimate of drug-likeness (QED) is 0.250. The van der Waals surface area contributed by atoms with Crippen LogP contribution in [0.2, 0.25) is 0 Å². The number of carbonyl (C=O) groups excluding carboxylic acids is 1. The van der Waals surface area contributed by atoms with Gasteiger partial charge in [-0.1, -0.05) is 60.7 Å². The average molecular weight is 438 g/mol. The molecule has 0 aromatic heterocycles. The van der Waals surface area contributed by atoms with Crippen LogP contribution in [0.25, 0.3) is 0 Å². The molecule has 0 amide bonds. The van der Waals surface area contributed by atoms with Gasteiger partial charge in [0.25, 0.3) is 0 Å². The number of nitrogens with zero attached hydrogens (tertiary/aromatic N) is 1. The van der Waals surface area contributed by atoms with Crippen molar-refractivity contribution < 1.29 is 14.3 Å². The highest BCUT2D eigenvalue weighted by Gasteiger charge is 2.39. The lowest BCUT2D eigenvalue weighted by Gasteiger charge is -2.34. The van der Waals surface area contributed by atoms with E-state index in [2.05, 4.69) is 17.0 Å². The zero-order chi connectivity index (χ0) is 23.3. The van der Waals surface area contributed by atoms with Crippen LogP contribution in [0.3, 0.4) is 0 Å². The number of rotatable bonds is 8. The van der Waals surface area contributed by atoms with Crippen molar-refractivity contribution in [3.63, 3.8) is 0 Å². The molecule has 0 N–H and O–H groups in total. The number of ether oxygens (including phenoxy) is 2. The number of methoxy groups -OCH3 is 2. The van der Waals surface area contributed by atoms with Crippen LogP contribution in [-0.2, 0) is 10.2 Å². The monoisotopic (exact) mass is 437 g/mol. The Bertz CT molecular complexity index is 1150. The Hall–Kier alpha value is -4.05. The molecule has 0 fully saturated rings. The molecule has 0 spiro atoms. The second kappa shape index (κ2) is 9.61. The topological polar surface area (TPSA) is 38.8 Å². The zero-order valence-corrected chi connectivity index (χ0v) is 19.1. The minimum atomic E-state index is -1.03. The minimum absolute atomic E-state index is 0.739. The molecule has 166 valence electrons. The molecule has 33 heavy (non-hydrogen) atoms. The molecule has 4 rings (SSSR count). The molecule has 0 atom stereocenters. The maximum Gasteiger partial charge on any atom is 0.139 e. The number of para-hydroxylation sites is 2. The van der Waals surface area contributed by atoms with E-state index >= 15 is 0 Å². The van der Waals surface area contributed by atoms with Gasteiger partial charge in [-0.3, -0.25) is 0 Å². The van der Waals surface area contributed by atoms with E-state index in [1.54, 1.807) is 14.2 Å². The molecule has 0 aliphatic heterocycles. The number of aldehydes is 1. The first-order valence-electron chi connectivity index (χ1n) is 10.8. The molecular weight excluding hydrogens is 410 g/mol. The van der Waals surface area contributed by atoms with Gasteiger partial charge in [0.2, 0.25) is 0 Å². The van der Waals surface area contributed by atoms with Crippen molar-refractivity contribution in [2.24, 2.45) is 0 Å². The molecule has 0 aliphatic rings. The van der Waals surface area contributed by atoms with Crippen molar-refractivity contribution in [3.05, 3.63) is 120 Å². The Kier molecular flexibility index (Phi) is 6.45. The second-order valence-electron chi connectivity index (χ2n) is 7.79. The summed E-state index contributed by atoms with van der Waals surface area (Å²) in [5.74, 6) is 1.48. The van der Waals surface area contributed by atoms with E-state index in [4.69, 9.17) is 9.47 Å². The fourth-order valence-corrected chi connectivity index (χ4v) is 4.28. The molecule has 4 aromatic rings. The third-order valence-electron chi connectivity index (χ3n) is 6.10. The van der Waals surface area contributed by atoms with E-state index in [-0.39, 0.29) is 0 Å². The largest absolute Gasteiger partial charge is 0.497 e. The highest BCUT2D eigenvalue weighted by Crippen LogP contribution is 2.44. The Morgan fingerprint density at radius 3 is 1.64 bits per heavy atom. The molecule has 0 unspecified atom stereocenters. The van der Waals surface area contributed by atoms with E-state index in [9.17, 15) is 4.79 Å². The predicted molar refractivity (Wildman–Crippen MR) is 133 cm³/mol. The average Bonchev–Trinajstić information content (AvgIpc) is 2.90. The number of anilines is 2. The summed E-state index contributed by atoms with van der Waals surface area (Å²) in [6.07, 6.45) is 1.04. The summed E-state index contributed by atoms with van der Waals surface area (Å²) in [6, 6.07) is 33.5. The van der Waals surface area contributed by atoms with Crippen molar-refractivity contribution in [2.45, 2.75) is 5.41 Å². The highest BCUT2D eigenvalue weighted by molar-refractivity contribution is 5.86. The van der Waals surface area contributed by atoms with Crippen molar-refractivity contribution >= 4 is 17.7 Å². The van der Waals surface area contributed by atoms with Gasteiger partial charge in [0, 0.05) is 18.4 Å². The van der Waals surface area contributed by atoms with Crippen LogP contribution >= 0.6 is 0 Å². The number of carbonyl (C=O) groups is 1. The zero-order valence-electron chi connectivity index (χ0n) is 19.1. The molecule has 0 bridgehead atoms. The molecule has 4 heteroatoms. The summed E-state index contributed by atoms with van der Waals surface area (Å²) in [7, 11) is 5.29. The van der Waals surface area contributed by atoms with Gasteiger partial charge >= 0.3 is 0 Å². The van der Waals surface area contributed by atoms with Gasteiger partial charge in [-0.05, 0) is 59.2 Å². The maximum atomic E-state index is 13.2. The van der Waals surface area contributed by atoms with E-state index in [1.165, 1.54) is 0 Å². The van der Waals surface area contributed by atoms with Crippen molar-refractivity contribution in [1.29, 1.82) is 0 Å². The Morgan fingerprint density at radius 1 is 0.667 bits per heavy atom. The van der Waals surface area contributed by atoms with Crippen LogP contribution in [0.5, 0.6) is 11.5 Å². The van der Waals surface area contributed by atoms with E-state index < -0.39 is 5.41 Å². The SMILES string of the molecule is COc1ccc(C(C=O)(c2ccc(OC)cc2)c2ccccc2N(C)c2ccccc2)cc1. The first-order valence-corrected chi connectivity index (χ1v) is 10.8. The standard InChI is InChI=1S/C29H27NO3/c1-30(24-9-5-4-6-10-24)28-12-8-7-11-27(28)29(21-31,22-13-17-25(32-2)18-14-22)23-15-19-26(33-3)20-16-23/h4-21H,1-3H3. The third kappa shape index (κ3) is 4.08. The summed E-state index contributed by atoms with van der Waals surface area (Å²) >= 11 is 0. The maximum absolute atomic E-state index is 13.2. The molecule has 4 nitrogen and oxygen atoms in total. The lowest BCUT2D eigenvalue weighted by molar-refractivity contribution is -0.110. The lowest BCUT2D eigenvalue weighted by Crippen LogP contribution is -2.33. The van der Waals surface area contributed by atoms with Gasteiger partial charge < -0.3 is 19.2 Å². The Balaban J connectivity index is 1.98. The summed E-state index contributed by atoms with van der Waals surface area (Å²) in [6.45, 7) is 0. The Labute approximate surface area is 195 Å². The Morgan fingerprint density at radius 2 is 1.15 bits per heavy atom. The van der Waals surface area contributed by atoms with E-state index in [1.807, 2.05) is 98.0 Å². The van der Waals surface area contributed by atoms with Crippen LogP contribution in [0, 0.1) is 0 Å². The summed E-state index contributed by atoms with van der Waals surface area (Å²) < 4.78 is 10.7. The fourth-order valence-electron chi connectivity index (χ4n) is 4.28. The predicted octanol–water partition coefficient (Wildman–Crippen LogP) is 6.01. The number of benzene rings is 4. The summed E-state index contributed by atoms with van der Waals surface area (Å²) in [5, 5.41) is 0. The van der Waals surface area contributed by atoms with Gasteiger partial charge in [-0.15, -0.1) is 0 Å². The van der Waals surface area contributed by atoms with Gasteiger partial charge in [0.05, 0.1) is 14.2 Å². The normalized spacial score (nSPS) is 11.0. The molecule has 4 aromatic carbocycles. The van der Waals surface area contributed by atoms with Gasteiger partial charge in [-0.2, -0.15) is 0 Å². The lowest BCUT2D eigenvalue weighted by atomic mass is 9.70. The number of hydrogen-bond acceptors (Lipinski definition) is 4. The second-order valence-corrected chi connectivity index (χ2v) is 7.79. The van der Waals surface area contributed by atoms with Crippen molar-refractivity contribution in [3.8, 4) is 11.5 Å². The molecule has 0 saturated heterocycles. The molecule has 0 radical (unpaired) electrons. The summed E-state index contributed by atoms with van der Waals surface area (Å²) in [5.41, 5.74) is 3.56. The first-order chi connectivity index (χ1) is 16.1. The molecule has 0 aliphatic carbocycles. The van der Waals surface area contributed by atoms with Gasteiger partial charge in [0.1, 0.15) is 23.2 Å². The van der Waals surface area contributed by atoms with Crippen LogP contribution in [0.4, 0.5) is 11.4 Å². The van der Waals surface area contributed by atoms with Crippen molar-refractivity contribution in [2.75, 3.05) is 26.2 Å². The van der Waals surface area contributed by atoms with Crippen LogP contribution in [-0.4, -0.2) is 27.6 Å². The third-order valence-corrected chi connectivity index (χ3v) is 6.10. The van der Waals surface area contributed by atoms with Crippen molar-refractivity contribution in [1.82, 2.24) is 0 Å². The van der Waals surface area contributed by atoms with Crippen LogP contribution in [0.15, 0.2) is 103 Å².